The lowest BCUT2D eigenvalue weighted by Crippen LogP contribution is -2.16. The molecular weight excluding hydrogens is 201 g/mol. The maximum atomic E-state index is 13.0. The molecular formula is C11H11ClFN. The summed E-state index contributed by atoms with van der Waals surface area (Å²) < 4.78 is 13.0. The van der Waals surface area contributed by atoms with Gasteiger partial charge in [0.25, 0.3) is 0 Å². The molecule has 0 N–H and O–H groups in total. The molecule has 1 aromatic rings. The van der Waals surface area contributed by atoms with Gasteiger partial charge in [-0.2, -0.15) is 5.26 Å². The molecule has 3 heteroatoms. The Balaban J connectivity index is 3.41. The first-order valence-corrected chi connectivity index (χ1v) is 4.64. The summed E-state index contributed by atoms with van der Waals surface area (Å²) in [6.45, 7) is 5.28. The Bertz CT molecular complexity index is 404. The van der Waals surface area contributed by atoms with Crippen LogP contribution in [-0.4, -0.2) is 0 Å². The molecule has 0 saturated carbocycles. The van der Waals surface area contributed by atoms with E-state index in [1.807, 2.05) is 0 Å². The number of halogens is 2. The van der Waals surface area contributed by atoms with E-state index < -0.39 is 11.2 Å². The molecule has 0 amide bonds. The minimum absolute atomic E-state index is 0.103. The van der Waals surface area contributed by atoms with E-state index in [2.05, 4.69) is 6.07 Å². The molecule has 0 aliphatic heterocycles. The molecule has 0 atom stereocenters. The lowest BCUT2D eigenvalue weighted by atomic mass is 9.83. The quantitative estimate of drug-likeness (QED) is 0.697. The van der Waals surface area contributed by atoms with Gasteiger partial charge in [-0.05, 0) is 38.0 Å². The molecule has 14 heavy (non-hydrogen) atoms. The maximum Gasteiger partial charge on any atom is 0.142 e. The highest BCUT2D eigenvalue weighted by molar-refractivity contribution is 6.31. The number of hydrogen-bond donors (Lipinski definition) is 0. The molecule has 0 bridgehead atoms. The van der Waals surface area contributed by atoms with Crippen molar-refractivity contribution >= 4 is 11.6 Å². The van der Waals surface area contributed by atoms with E-state index in [0.717, 1.165) is 5.56 Å². The maximum absolute atomic E-state index is 13.0. The predicted molar refractivity (Wildman–Crippen MR) is 54.8 cm³/mol. The Morgan fingerprint density at radius 2 is 2.00 bits per heavy atom. The van der Waals surface area contributed by atoms with Gasteiger partial charge in [0.15, 0.2) is 0 Å². The van der Waals surface area contributed by atoms with Gasteiger partial charge in [0, 0.05) is 0 Å². The van der Waals surface area contributed by atoms with Crippen LogP contribution in [0, 0.1) is 24.1 Å². The minimum atomic E-state index is -0.637. The summed E-state index contributed by atoms with van der Waals surface area (Å²) >= 11 is 5.76. The van der Waals surface area contributed by atoms with Crippen molar-refractivity contribution in [2.45, 2.75) is 26.2 Å². The van der Waals surface area contributed by atoms with Crippen molar-refractivity contribution in [2.75, 3.05) is 0 Å². The Morgan fingerprint density at radius 1 is 1.43 bits per heavy atom. The normalized spacial score (nSPS) is 11.1. The molecule has 1 rings (SSSR count). The van der Waals surface area contributed by atoms with Gasteiger partial charge < -0.3 is 0 Å². The highest BCUT2D eigenvalue weighted by Gasteiger charge is 2.23. The zero-order valence-corrected chi connectivity index (χ0v) is 9.11. The summed E-state index contributed by atoms with van der Waals surface area (Å²) in [6.07, 6.45) is 0. The lowest BCUT2D eigenvalue weighted by Gasteiger charge is -2.19. The van der Waals surface area contributed by atoms with Gasteiger partial charge in [-0.3, -0.25) is 0 Å². The van der Waals surface area contributed by atoms with Gasteiger partial charge >= 0.3 is 0 Å². The fraction of sp³-hybridized carbons (Fsp3) is 0.364. The van der Waals surface area contributed by atoms with Crippen LogP contribution in [0.4, 0.5) is 4.39 Å². The van der Waals surface area contributed by atoms with Crippen LogP contribution < -0.4 is 0 Å². The molecule has 0 spiro atoms. The molecule has 74 valence electrons. The molecule has 1 nitrogen and oxygen atoms in total. The summed E-state index contributed by atoms with van der Waals surface area (Å²) in [4.78, 5) is 0. The highest BCUT2D eigenvalue weighted by Crippen LogP contribution is 2.31. The topological polar surface area (TPSA) is 23.8 Å². The predicted octanol–water partition coefficient (Wildman–Crippen LogP) is 3.59. The molecule has 0 unspecified atom stereocenters. The van der Waals surface area contributed by atoms with Crippen LogP contribution in [0.1, 0.15) is 25.0 Å². The third-order valence-corrected chi connectivity index (χ3v) is 2.76. The van der Waals surface area contributed by atoms with Crippen molar-refractivity contribution in [1.29, 1.82) is 5.26 Å². The monoisotopic (exact) mass is 211 g/mol. The molecule has 0 saturated heterocycles. The fourth-order valence-electron chi connectivity index (χ4n) is 1.39. The van der Waals surface area contributed by atoms with Crippen LogP contribution in [0.2, 0.25) is 5.02 Å². The molecule has 0 aromatic heterocycles. The van der Waals surface area contributed by atoms with Gasteiger partial charge in [-0.25, -0.2) is 4.39 Å². The van der Waals surface area contributed by atoms with Crippen molar-refractivity contribution in [1.82, 2.24) is 0 Å². The van der Waals surface area contributed by atoms with Crippen molar-refractivity contribution in [3.63, 3.8) is 0 Å². The van der Waals surface area contributed by atoms with Crippen LogP contribution in [0.25, 0.3) is 0 Å². The van der Waals surface area contributed by atoms with E-state index in [0.29, 0.717) is 5.56 Å². The van der Waals surface area contributed by atoms with Crippen LogP contribution in [0.3, 0.4) is 0 Å². The Kier molecular flexibility index (Phi) is 2.82. The van der Waals surface area contributed by atoms with Crippen LogP contribution >= 0.6 is 11.6 Å². The molecule has 0 radical (unpaired) electrons. The van der Waals surface area contributed by atoms with E-state index >= 15 is 0 Å². The number of benzene rings is 1. The molecule has 0 fully saturated rings. The molecule has 0 aliphatic carbocycles. The number of nitrogens with zero attached hydrogens (tertiary/aromatic N) is 1. The van der Waals surface area contributed by atoms with Crippen LogP contribution in [0.5, 0.6) is 0 Å². The van der Waals surface area contributed by atoms with E-state index in [4.69, 9.17) is 16.9 Å². The zero-order valence-electron chi connectivity index (χ0n) is 8.36. The van der Waals surface area contributed by atoms with Crippen LogP contribution in [-0.2, 0) is 5.41 Å². The summed E-state index contributed by atoms with van der Waals surface area (Å²) in [5.41, 5.74) is 0.770. The second kappa shape index (κ2) is 3.59. The third-order valence-electron chi connectivity index (χ3n) is 2.29. The number of nitriles is 1. The fourth-order valence-corrected chi connectivity index (χ4v) is 1.55. The van der Waals surface area contributed by atoms with Crippen molar-refractivity contribution < 1.29 is 4.39 Å². The van der Waals surface area contributed by atoms with E-state index in [1.165, 1.54) is 6.07 Å². The smallest absolute Gasteiger partial charge is 0.142 e. The first-order valence-electron chi connectivity index (χ1n) is 4.26. The number of rotatable bonds is 1. The van der Waals surface area contributed by atoms with Crippen molar-refractivity contribution in [3.05, 3.63) is 34.1 Å². The summed E-state index contributed by atoms with van der Waals surface area (Å²) in [5.74, 6) is -0.443. The highest BCUT2D eigenvalue weighted by atomic mass is 35.5. The first-order chi connectivity index (χ1) is 6.40. The van der Waals surface area contributed by atoms with E-state index in [1.54, 1.807) is 26.8 Å². The average Bonchev–Trinajstić information content (AvgIpc) is 2.14. The van der Waals surface area contributed by atoms with Gasteiger partial charge in [-0.1, -0.05) is 17.7 Å². The second-order valence-electron chi connectivity index (χ2n) is 3.77. The third kappa shape index (κ3) is 1.73. The Morgan fingerprint density at radius 3 is 2.50 bits per heavy atom. The standard InChI is InChI=1S/C11H11ClFN/c1-7-8(11(2,3)6-14)4-5-9(13)10(7)12/h4-5H,1-3H3. The van der Waals surface area contributed by atoms with Crippen molar-refractivity contribution in [3.8, 4) is 6.07 Å². The van der Waals surface area contributed by atoms with Crippen LogP contribution in [0.15, 0.2) is 12.1 Å². The first kappa shape index (κ1) is 11.0. The Hall–Kier alpha value is -1.07. The van der Waals surface area contributed by atoms with Gasteiger partial charge in [-0.15, -0.1) is 0 Å². The summed E-state index contributed by atoms with van der Waals surface area (Å²) in [5, 5.41) is 9.05. The SMILES string of the molecule is Cc1c(C(C)(C)C#N)ccc(F)c1Cl. The Labute approximate surface area is 88.1 Å². The zero-order chi connectivity index (χ0) is 10.9. The average molecular weight is 212 g/mol. The van der Waals surface area contributed by atoms with Gasteiger partial charge in [0.2, 0.25) is 0 Å². The molecule has 0 aliphatic rings. The largest absolute Gasteiger partial charge is 0.205 e. The number of hydrogen-bond acceptors (Lipinski definition) is 1. The van der Waals surface area contributed by atoms with Gasteiger partial charge in [0.05, 0.1) is 16.5 Å². The van der Waals surface area contributed by atoms with Gasteiger partial charge in [0.1, 0.15) is 5.82 Å². The molecule has 1 aromatic carbocycles. The second-order valence-corrected chi connectivity index (χ2v) is 4.15. The summed E-state index contributed by atoms with van der Waals surface area (Å²) in [7, 11) is 0. The van der Waals surface area contributed by atoms with E-state index in [-0.39, 0.29) is 5.02 Å². The lowest BCUT2D eigenvalue weighted by molar-refractivity contribution is 0.619. The minimum Gasteiger partial charge on any atom is -0.205 e. The summed E-state index contributed by atoms with van der Waals surface area (Å²) in [6, 6.07) is 5.07. The van der Waals surface area contributed by atoms with E-state index in [9.17, 15) is 4.39 Å². The molecule has 0 heterocycles. The van der Waals surface area contributed by atoms with Crippen molar-refractivity contribution in [2.24, 2.45) is 0 Å².